The molecular formula is C25H29N3O4S. The third-order valence-corrected chi connectivity index (χ3v) is 7.59. The number of nitrogens with two attached hydrogens (primary N) is 1. The summed E-state index contributed by atoms with van der Waals surface area (Å²) in [7, 11) is -3.68. The normalized spacial score (nSPS) is 17.7. The van der Waals surface area contributed by atoms with Gasteiger partial charge in [-0.25, -0.2) is 13.6 Å². The molecule has 7 nitrogen and oxygen atoms in total. The molecule has 1 saturated heterocycles. The fourth-order valence-electron chi connectivity index (χ4n) is 4.58. The quantitative estimate of drug-likeness (QED) is 0.618. The van der Waals surface area contributed by atoms with E-state index in [9.17, 15) is 13.2 Å². The first-order valence-electron chi connectivity index (χ1n) is 11.1. The van der Waals surface area contributed by atoms with Gasteiger partial charge in [0.2, 0.25) is 10.0 Å². The summed E-state index contributed by atoms with van der Waals surface area (Å²) in [6, 6.07) is 13.9. The Balaban J connectivity index is 1.56. The van der Waals surface area contributed by atoms with Gasteiger partial charge in [-0.2, -0.15) is 0 Å². The van der Waals surface area contributed by atoms with Crippen LogP contribution in [0.4, 0.5) is 0 Å². The Kier molecular flexibility index (Phi) is 6.41. The van der Waals surface area contributed by atoms with Crippen molar-refractivity contribution in [1.29, 1.82) is 0 Å². The molecule has 1 aliphatic heterocycles. The monoisotopic (exact) mass is 467 g/mol. The van der Waals surface area contributed by atoms with E-state index in [0.717, 1.165) is 16.5 Å². The number of piperidine rings is 1. The molecule has 2 heterocycles. The third kappa shape index (κ3) is 4.86. The summed E-state index contributed by atoms with van der Waals surface area (Å²) < 4.78 is 29.4. The van der Waals surface area contributed by atoms with Crippen molar-refractivity contribution in [1.82, 2.24) is 9.88 Å². The van der Waals surface area contributed by atoms with E-state index in [1.54, 1.807) is 13.1 Å². The highest BCUT2D eigenvalue weighted by Gasteiger charge is 2.32. The Hall–Kier alpha value is -2.97. The summed E-state index contributed by atoms with van der Waals surface area (Å²) in [5.74, 6) is 0.287. The van der Waals surface area contributed by atoms with Crippen molar-refractivity contribution < 1.29 is 17.9 Å². The number of hydrogen-bond donors (Lipinski definition) is 1. The maximum atomic E-state index is 12.9. The van der Waals surface area contributed by atoms with Crippen molar-refractivity contribution in [3.63, 3.8) is 0 Å². The summed E-state index contributed by atoms with van der Waals surface area (Å²) in [6.07, 6.45) is 2.09. The number of fused-ring (bicyclic) bond motifs is 1. The molecule has 1 amide bonds. The second-order valence-corrected chi connectivity index (χ2v) is 10.5. The molecule has 0 saturated carbocycles. The van der Waals surface area contributed by atoms with Gasteiger partial charge >= 0.3 is 0 Å². The molecule has 8 heteroatoms. The van der Waals surface area contributed by atoms with Gasteiger partial charge in [0.25, 0.3) is 5.91 Å². The Labute approximate surface area is 194 Å². The van der Waals surface area contributed by atoms with Crippen LogP contribution in [0.5, 0.6) is 5.75 Å². The summed E-state index contributed by atoms with van der Waals surface area (Å²) in [4.78, 5) is 18.9. The van der Waals surface area contributed by atoms with Crippen LogP contribution in [0.25, 0.3) is 22.0 Å². The molecule has 1 aliphatic rings. The lowest BCUT2D eigenvalue weighted by atomic mass is 9.93. The fourth-order valence-corrected chi connectivity index (χ4v) is 5.46. The number of nitrogens with zero attached hydrogens (tertiary/aromatic N) is 2. The van der Waals surface area contributed by atoms with Crippen LogP contribution in [0.15, 0.2) is 48.7 Å². The number of ether oxygens (including phenoxy) is 1. The van der Waals surface area contributed by atoms with E-state index < -0.39 is 21.4 Å². The number of aromatic nitrogens is 1. The van der Waals surface area contributed by atoms with Crippen LogP contribution in [0.2, 0.25) is 0 Å². The summed E-state index contributed by atoms with van der Waals surface area (Å²) in [5, 5.41) is 5.58. The fraction of sp³-hybridized carbons (Fsp3) is 0.360. The summed E-state index contributed by atoms with van der Waals surface area (Å²) >= 11 is 0. The first-order valence-corrected chi connectivity index (χ1v) is 12.7. The first-order chi connectivity index (χ1) is 15.6. The number of carbonyl (C=O) groups is 1. The molecular weight excluding hydrogens is 438 g/mol. The third-order valence-electron chi connectivity index (χ3n) is 6.28. The van der Waals surface area contributed by atoms with Crippen molar-refractivity contribution in [3.8, 4) is 16.9 Å². The van der Waals surface area contributed by atoms with Crippen LogP contribution in [0.1, 0.15) is 30.9 Å². The molecule has 2 atom stereocenters. The summed E-state index contributed by atoms with van der Waals surface area (Å²) in [6.45, 7) is 6.47. The second-order valence-electron chi connectivity index (χ2n) is 8.70. The van der Waals surface area contributed by atoms with Gasteiger partial charge in [-0.1, -0.05) is 18.2 Å². The maximum absolute atomic E-state index is 12.9. The smallest absolute Gasteiger partial charge is 0.263 e. The maximum Gasteiger partial charge on any atom is 0.263 e. The van der Waals surface area contributed by atoms with Gasteiger partial charge in [0.05, 0.1) is 10.8 Å². The lowest BCUT2D eigenvalue weighted by Gasteiger charge is -2.33. The van der Waals surface area contributed by atoms with Crippen LogP contribution in [-0.4, -0.2) is 48.7 Å². The van der Waals surface area contributed by atoms with E-state index in [1.165, 1.54) is 21.6 Å². The zero-order chi connectivity index (χ0) is 23.8. The number of rotatable bonds is 5. The van der Waals surface area contributed by atoms with E-state index in [0.29, 0.717) is 25.1 Å². The SMILES string of the molecule is Cc1cccc(C)c1-c1ccnc2cc(O[C@H](C)C(=O)N3CCC[C@@H](S(N)(=O)=O)C3)ccc12. The van der Waals surface area contributed by atoms with Crippen LogP contribution in [0, 0.1) is 13.8 Å². The number of pyridine rings is 1. The van der Waals surface area contributed by atoms with Gasteiger partial charge in [-0.15, -0.1) is 0 Å². The Morgan fingerprint density at radius 2 is 1.91 bits per heavy atom. The lowest BCUT2D eigenvalue weighted by Crippen LogP contribution is -2.50. The van der Waals surface area contributed by atoms with Gasteiger partial charge in [0, 0.05) is 30.7 Å². The molecule has 33 heavy (non-hydrogen) atoms. The van der Waals surface area contributed by atoms with E-state index in [4.69, 9.17) is 9.88 Å². The Morgan fingerprint density at radius 3 is 2.61 bits per heavy atom. The Bertz CT molecular complexity index is 1290. The molecule has 0 bridgehead atoms. The molecule has 1 fully saturated rings. The Morgan fingerprint density at radius 1 is 1.18 bits per heavy atom. The number of hydrogen-bond acceptors (Lipinski definition) is 5. The van der Waals surface area contributed by atoms with E-state index >= 15 is 0 Å². The minimum atomic E-state index is -3.68. The molecule has 0 aliphatic carbocycles. The molecule has 0 radical (unpaired) electrons. The predicted molar refractivity (Wildman–Crippen MR) is 129 cm³/mol. The minimum Gasteiger partial charge on any atom is -0.481 e. The van der Waals surface area contributed by atoms with Crippen LogP contribution in [0.3, 0.4) is 0 Å². The van der Waals surface area contributed by atoms with Gasteiger partial charge in [-0.3, -0.25) is 9.78 Å². The number of sulfonamides is 1. The number of carbonyl (C=O) groups excluding carboxylic acids is 1. The highest BCUT2D eigenvalue weighted by molar-refractivity contribution is 7.89. The molecule has 2 aromatic carbocycles. The molecule has 1 aromatic heterocycles. The molecule has 4 rings (SSSR count). The van der Waals surface area contributed by atoms with E-state index in [-0.39, 0.29) is 12.5 Å². The molecule has 3 aromatic rings. The van der Waals surface area contributed by atoms with E-state index in [2.05, 4.69) is 37.0 Å². The molecule has 0 unspecified atom stereocenters. The zero-order valence-electron chi connectivity index (χ0n) is 19.1. The number of amides is 1. The number of aryl methyl sites for hydroxylation is 2. The van der Waals surface area contributed by atoms with Crippen molar-refractivity contribution in [3.05, 3.63) is 59.8 Å². The average molecular weight is 468 g/mol. The van der Waals surface area contributed by atoms with Crippen LogP contribution in [-0.2, 0) is 14.8 Å². The molecule has 2 N–H and O–H groups in total. The highest BCUT2D eigenvalue weighted by Crippen LogP contribution is 2.34. The standard InChI is InChI=1S/C25H29N3O4S/c1-16-6-4-7-17(2)24(16)22-11-12-27-23-14-19(9-10-21(22)23)32-18(3)25(29)28-13-5-8-20(15-28)33(26,30)31/h4,6-7,9-12,14,18,20H,5,8,13,15H2,1-3H3,(H2,26,30,31)/t18-,20-/m1/s1. The van der Waals surface area contributed by atoms with Crippen molar-refractivity contribution >= 4 is 26.8 Å². The summed E-state index contributed by atoms with van der Waals surface area (Å²) in [5.41, 5.74) is 5.47. The van der Waals surface area contributed by atoms with Crippen molar-refractivity contribution in [2.24, 2.45) is 5.14 Å². The van der Waals surface area contributed by atoms with Gasteiger partial charge in [-0.05, 0) is 74.1 Å². The largest absolute Gasteiger partial charge is 0.481 e. The van der Waals surface area contributed by atoms with Crippen molar-refractivity contribution in [2.45, 2.75) is 45.0 Å². The molecule has 174 valence electrons. The zero-order valence-corrected chi connectivity index (χ0v) is 19.9. The number of benzene rings is 2. The average Bonchev–Trinajstić information content (AvgIpc) is 2.78. The van der Waals surface area contributed by atoms with Crippen LogP contribution >= 0.6 is 0 Å². The highest BCUT2D eigenvalue weighted by atomic mass is 32.2. The predicted octanol–water partition coefficient (Wildman–Crippen LogP) is 3.57. The number of likely N-dealkylation sites (tertiary alicyclic amines) is 1. The number of primary sulfonamides is 1. The first kappa shape index (κ1) is 23.2. The molecule has 0 spiro atoms. The van der Waals surface area contributed by atoms with Crippen LogP contribution < -0.4 is 9.88 Å². The second kappa shape index (κ2) is 9.11. The minimum absolute atomic E-state index is 0.101. The van der Waals surface area contributed by atoms with Gasteiger partial charge < -0.3 is 9.64 Å². The topological polar surface area (TPSA) is 103 Å². The van der Waals surface area contributed by atoms with Gasteiger partial charge in [0.15, 0.2) is 6.10 Å². The van der Waals surface area contributed by atoms with E-state index in [1.807, 2.05) is 24.3 Å². The van der Waals surface area contributed by atoms with Crippen molar-refractivity contribution in [2.75, 3.05) is 13.1 Å². The lowest BCUT2D eigenvalue weighted by molar-refractivity contribution is -0.138. The van der Waals surface area contributed by atoms with Gasteiger partial charge in [0.1, 0.15) is 5.75 Å².